The zero-order chi connectivity index (χ0) is 12.8. The number of benzene rings is 1. The van der Waals surface area contributed by atoms with Crippen LogP contribution >= 0.6 is 11.3 Å². The van der Waals surface area contributed by atoms with Crippen LogP contribution in [0.5, 0.6) is 0 Å². The van der Waals surface area contributed by atoms with Gasteiger partial charge < -0.3 is 0 Å². The average Bonchev–Trinajstić information content (AvgIpc) is 3.07. The van der Waals surface area contributed by atoms with E-state index in [1.165, 1.54) is 16.0 Å². The van der Waals surface area contributed by atoms with E-state index in [1.807, 2.05) is 29.6 Å². The molecule has 3 heterocycles. The minimum absolute atomic E-state index is 0.233. The standard InChI is InChI=1S/C12H7N5OS/c18-11-10-9(16-17(11)12-13-5-6-19-12)7-3-1-2-4-8(7)14-15-10/h1-6,16H. The molecule has 4 rings (SSSR count). The molecule has 0 bridgehead atoms. The Kier molecular flexibility index (Phi) is 2.04. The molecule has 92 valence electrons. The van der Waals surface area contributed by atoms with Gasteiger partial charge in [-0.25, -0.2) is 4.98 Å². The second-order valence-electron chi connectivity index (χ2n) is 4.01. The summed E-state index contributed by atoms with van der Waals surface area (Å²) in [5, 5.41) is 14.4. The summed E-state index contributed by atoms with van der Waals surface area (Å²) in [5.74, 6) is 0. The Labute approximate surface area is 110 Å². The molecule has 3 aromatic heterocycles. The Morgan fingerprint density at radius 1 is 1.21 bits per heavy atom. The van der Waals surface area contributed by atoms with Crippen molar-refractivity contribution < 1.29 is 0 Å². The van der Waals surface area contributed by atoms with Gasteiger partial charge in [-0.3, -0.25) is 9.89 Å². The molecule has 0 unspecified atom stereocenters. The van der Waals surface area contributed by atoms with Crippen LogP contribution in [0.25, 0.3) is 27.1 Å². The Morgan fingerprint density at radius 3 is 2.95 bits per heavy atom. The van der Waals surface area contributed by atoms with Gasteiger partial charge in [0.25, 0.3) is 0 Å². The lowest BCUT2D eigenvalue weighted by Crippen LogP contribution is -2.14. The summed E-state index contributed by atoms with van der Waals surface area (Å²) in [6, 6.07) is 7.57. The van der Waals surface area contributed by atoms with E-state index < -0.39 is 0 Å². The Bertz CT molecular complexity index is 938. The normalized spacial score (nSPS) is 11.4. The van der Waals surface area contributed by atoms with Crippen molar-refractivity contribution in [1.29, 1.82) is 0 Å². The van der Waals surface area contributed by atoms with Crippen LogP contribution in [-0.4, -0.2) is 25.0 Å². The highest BCUT2D eigenvalue weighted by molar-refractivity contribution is 7.12. The maximum atomic E-state index is 12.3. The van der Waals surface area contributed by atoms with Gasteiger partial charge in [0.2, 0.25) is 5.13 Å². The zero-order valence-corrected chi connectivity index (χ0v) is 10.4. The van der Waals surface area contributed by atoms with Crippen molar-refractivity contribution in [3.63, 3.8) is 0 Å². The molecule has 7 heteroatoms. The van der Waals surface area contributed by atoms with Crippen molar-refractivity contribution in [1.82, 2.24) is 25.0 Å². The number of H-pyrrole nitrogens is 1. The lowest BCUT2D eigenvalue weighted by Gasteiger charge is -1.95. The topological polar surface area (TPSA) is 76.5 Å². The number of rotatable bonds is 1. The molecule has 0 fully saturated rings. The zero-order valence-electron chi connectivity index (χ0n) is 9.57. The third-order valence-electron chi connectivity index (χ3n) is 2.91. The summed E-state index contributed by atoms with van der Waals surface area (Å²) in [6.45, 7) is 0. The molecule has 0 aliphatic heterocycles. The molecule has 4 aromatic rings. The van der Waals surface area contributed by atoms with Gasteiger partial charge in [-0.2, -0.15) is 4.68 Å². The van der Waals surface area contributed by atoms with Crippen molar-refractivity contribution in [2.24, 2.45) is 0 Å². The molecule has 0 atom stereocenters. The highest BCUT2D eigenvalue weighted by Crippen LogP contribution is 2.19. The van der Waals surface area contributed by atoms with Crippen LogP contribution < -0.4 is 5.56 Å². The highest BCUT2D eigenvalue weighted by Gasteiger charge is 2.14. The number of nitrogens with one attached hydrogen (secondary N) is 1. The first-order chi connectivity index (χ1) is 9.34. The molecule has 1 aromatic carbocycles. The summed E-state index contributed by atoms with van der Waals surface area (Å²) >= 11 is 1.38. The van der Waals surface area contributed by atoms with E-state index in [4.69, 9.17) is 0 Å². The molecule has 1 N–H and O–H groups in total. The first-order valence-electron chi connectivity index (χ1n) is 5.60. The fraction of sp³-hybridized carbons (Fsp3) is 0. The van der Waals surface area contributed by atoms with E-state index in [0.717, 1.165) is 10.9 Å². The van der Waals surface area contributed by atoms with E-state index in [-0.39, 0.29) is 5.56 Å². The lowest BCUT2D eigenvalue weighted by atomic mass is 10.2. The maximum Gasteiger partial charge on any atom is 0.301 e. The Balaban J connectivity index is 2.17. The van der Waals surface area contributed by atoms with E-state index in [2.05, 4.69) is 20.3 Å². The molecule has 0 aliphatic rings. The Hall–Kier alpha value is -2.54. The van der Waals surface area contributed by atoms with Gasteiger partial charge in [-0.05, 0) is 6.07 Å². The predicted molar refractivity (Wildman–Crippen MR) is 72.7 cm³/mol. The third-order valence-corrected chi connectivity index (χ3v) is 3.66. The van der Waals surface area contributed by atoms with Gasteiger partial charge in [-0.15, -0.1) is 21.5 Å². The largest absolute Gasteiger partial charge is 0.301 e. The molecule has 0 spiro atoms. The van der Waals surface area contributed by atoms with Crippen LogP contribution in [0.3, 0.4) is 0 Å². The van der Waals surface area contributed by atoms with Crippen LogP contribution in [0.1, 0.15) is 0 Å². The van der Waals surface area contributed by atoms with Crippen LogP contribution in [0.2, 0.25) is 0 Å². The Morgan fingerprint density at radius 2 is 2.11 bits per heavy atom. The average molecular weight is 269 g/mol. The number of hydrogen-bond acceptors (Lipinski definition) is 5. The highest BCUT2D eigenvalue weighted by atomic mass is 32.1. The van der Waals surface area contributed by atoms with Crippen LogP contribution in [0, 0.1) is 0 Å². The van der Waals surface area contributed by atoms with Gasteiger partial charge in [0.1, 0.15) is 0 Å². The smallest absolute Gasteiger partial charge is 0.286 e. The SMILES string of the molecule is O=c1c2nnc3ccccc3c2[nH]n1-c1nccs1. The number of thiazole rings is 1. The summed E-state index contributed by atoms with van der Waals surface area (Å²) in [6.07, 6.45) is 1.65. The third kappa shape index (κ3) is 1.42. The van der Waals surface area contributed by atoms with Crippen molar-refractivity contribution in [3.8, 4) is 5.13 Å². The molecule has 0 radical (unpaired) electrons. The number of nitrogens with zero attached hydrogens (tertiary/aromatic N) is 4. The number of aromatic nitrogens is 5. The molecule has 0 saturated carbocycles. The second-order valence-corrected chi connectivity index (χ2v) is 4.88. The summed E-state index contributed by atoms with van der Waals surface area (Å²) in [7, 11) is 0. The van der Waals surface area contributed by atoms with Crippen LogP contribution in [-0.2, 0) is 0 Å². The molecule has 19 heavy (non-hydrogen) atoms. The van der Waals surface area contributed by atoms with Crippen molar-refractivity contribution in [2.45, 2.75) is 0 Å². The van der Waals surface area contributed by atoms with Crippen LogP contribution in [0.4, 0.5) is 0 Å². The monoisotopic (exact) mass is 269 g/mol. The first kappa shape index (κ1) is 10.4. The molecule has 0 amide bonds. The minimum Gasteiger partial charge on any atom is -0.286 e. The van der Waals surface area contributed by atoms with Gasteiger partial charge >= 0.3 is 5.56 Å². The number of hydrogen-bond donors (Lipinski definition) is 1. The lowest BCUT2D eigenvalue weighted by molar-refractivity contribution is 0.853. The fourth-order valence-corrected chi connectivity index (χ4v) is 2.65. The van der Waals surface area contributed by atoms with Crippen molar-refractivity contribution in [3.05, 3.63) is 46.2 Å². The molecular formula is C12H7N5OS. The summed E-state index contributed by atoms with van der Waals surface area (Å²) in [4.78, 5) is 16.4. The quantitative estimate of drug-likeness (QED) is 0.571. The molecule has 0 saturated heterocycles. The van der Waals surface area contributed by atoms with Crippen molar-refractivity contribution >= 4 is 33.3 Å². The molecular weight excluding hydrogens is 262 g/mol. The summed E-state index contributed by atoms with van der Waals surface area (Å²) in [5.41, 5.74) is 1.53. The predicted octanol–water partition coefficient (Wildman–Crippen LogP) is 1.72. The van der Waals surface area contributed by atoms with E-state index in [1.54, 1.807) is 6.20 Å². The first-order valence-corrected chi connectivity index (χ1v) is 6.48. The summed E-state index contributed by atoms with van der Waals surface area (Å²) < 4.78 is 1.40. The molecule has 0 aliphatic carbocycles. The van der Waals surface area contributed by atoms with Gasteiger partial charge in [0, 0.05) is 17.0 Å². The minimum atomic E-state index is -0.233. The number of fused-ring (bicyclic) bond motifs is 3. The second kappa shape index (κ2) is 3.72. The van der Waals surface area contributed by atoms with Crippen molar-refractivity contribution in [2.75, 3.05) is 0 Å². The van der Waals surface area contributed by atoms with Crippen LogP contribution in [0.15, 0.2) is 40.6 Å². The van der Waals surface area contributed by atoms with E-state index in [9.17, 15) is 4.79 Å². The molecule has 6 nitrogen and oxygen atoms in total. The van der Waals surface area contributed by atoms with Gasteiger partial charge in [-0.1, -0.05) is 18.2 Å². The van der Waals surface area contributed by atoms with E-state index >= 15 is 0 Å². The van der Waals surface area contributed by atoms with Gasteiger partial charge in [0.15, 0.2) is 5.52 Å². The maximum absolute atomic E-state index is 12.3. The fourth-order valence-electron chi connectivity index (χ4n) is 2.05. The van der Waals surface area contributed by atoms with E-state index in [0.29, 0.717) is 16.2 Å². The number of aromatic amines is 1. The van der Waals surface area contributed by atoms with Gasteiger partial charge in [0.05, 0.1) is 11.0 Å².